The highest BCUT2D eigenvalue weighted by atomic mass is 16.5. The lowest BCUT2D eigenvalue weighted by Crippen LogP contribution is -2.43. The van der Waals surface area contributed by atoms with Gasteiger partial charge in [-0.15, -0.1) is 0 Å². The molecule has 1 aromatic rings. The summed E-state index contributed by atoms with van der Waals surface area (Å²) in [5, 5.41) is 0. The maximum absolute atomic E-state index is 12.0. The van der Waals surface area contributed by atoms with E-state index in [-0.39, 0.29) is 31.5 Å². The van der Waals surface area contributed by atoms with Crippen LogP contribution in [0.15, 0.2) is 24.3 Å². The highest BCUT2D eigenvalue weighted by Crippen LogP contribution is 2.13. The molecule has 0 aliphatic rings. The van der Waals surface area contributed by atoms with Crippen molar-refractivity contribution in [2.75, 3.05) is 18.9 Å². The standard InChI is InChI=1S/C14H21N3O3/c1-10(2)17(9-13(16)18)14(19)7-8-20-12-5-3-11(15)4-6-12/h3-6,10H,7-9,15H2,1-2H3,(H2,16,18). The maximum Gasteiger partial charge on any atom is 0.237 e. The topological polar surface area (TPSA) is 98.6 Å². The van der Waals surface area contributed by atoms with Gasteiger partial charge in [0.05, 0.1) is 19.6 Å². The molecule has 0 atom stereocenters. The molecule has 2 amide bonds. The zero-order valence-electron chi connectivity index (χ0n) is 11.8. The lowest BCUT2D eigenvalue weighted by atomic mass is 10.2. The average molecular weight is 279 g/mol. The molecular weight excluding hydrogens is 258 g/mol. The Kier molecular flexibility index (Phi) is 5.83. The molecule has 0 unspecified atom stereocenters. The fourth-order valence-corrected chi connectivity index (χ4v) is 1.69. The number of carbonyl (C=O) groups excluding carboxylic acids is 2. The first kappa shape index (κ1) is 15.8. The minimum atomic E-state index is -0.522. The van der Waals surface area contributed by atoms with Gasteiger partial charge in [-0.25, -0.2) is 0 Å². The van der Waals surface area contributed by atoms with Crippen LogP contribution in [0.3, 0.4) is 0 Å². The second-order valence-corrected chi connectivity index (χ2v) is 4.75. The highest BCUT2D eigenvalue weighted by Gasteiger charge is 2.18. The number of primary amides is 1. The Morgan fingerprint density at radius 3 is 2.35 bits per heavy atom. The van der Waals surface area contributed by atoms with E-state index in [2.05, 4.69) is 0 Å². The van der Waals surface area contributed by atoms with Gasteiger partial charge in [-0.3, -0.25) is 9.59 Å². The summed E-state index contributed by atoms with van der Waals surface area (Å²) in [6.07, 6.45) is 0.190. The Hall–Kier alpha value is -2.24. The SMILES string of the molecule is CC(C)N(CC(N)=O)C(=O)CCOc1ccc(N)cc1. The van der Waals surface area contributed by atoms with Crippen LogP contribution >= 0.6 is 0 Å². The Morgan fingerprint density at radius 1 is 1.25 bits per heavy atom. The van der Waals surface area contributed by atoms with Crippen molar-refractivity contribution in [1.29, 1.82) is 0 Å². The predicted molar refractivity (Wildman–Crippen MR) is 77.0 cm³/mol. The molecule has 0 spiro atoms. The number of benzene rings is 1. The van der Waals surface area contributed by atoms with Gasteiger partial charge >= 0.3 is 0 Å². The Labute approximate surface area is 118 Å². The summed E-state index contributed by atoms with van der Waals surface area (Å²) >= 11 is 0. The summed E-state index contributed by atoms with van der Waals surface area (Å²) in [7, 11) is 0. The largest absolute Gasteiger partial charge is 0.493 e. The number of nitrogen functional groups attached to an aromatic ring is 1. The summed E-state index contributed by atoms with van der Waals surface area (Å²) in [5.74, 6) is -0.0289. The molecule has 0 bridgehead atoms. The number of amides is 2. The molecule has 1 aromatic carbocycles. The van der Waals surface area contributed by atoms with E-state index in [9.17, 15) is 9.59 Å². The summed E-state index contributed by atoms with van der Waals surface area (Å²) in [6.45, 7) is 3.84. The van der Waals surface area contributed by atoms with Gasteiger partial charge in [0.2, 0.25) is 11.8 Å². The molecule has 0 radical (unpaired) electrons. The van der Waals surface area contributed by atoms with Crippen LogP contribution in [-0.2, 0) is 9.59 Å². The zero-order chi connectivity index (χ0) is 15.1. The fourth-order valence-electron chi connectivity index (χ4n) is 1.69. The van der Waals surface area contributed by atoms with Gasteiger partial charge in [0, 0.05) is 11.7 Å². The molecule has 0 heterocycles. The van der Waals surface area contributed by atoms with Gasteiger partial charge in [0.25, 0.3) is 0 Å². The van der Waals surface area contributed by atoms with Crippen LogP contribution in [0.1, 0.15) is 20.3 Å². The number of nitrogens with zero attached hydrogens (tertiary/aromatic N) is 1. The Balaban J connectivity index is 2.44. The van der Waals surface area contributed by atoms with E-state index in [4.69, 9.17) is 16.2 Å². The van der Waals surface area contributed by atoms with Crippen molar-refractivity contribution in [3.63, 3.8) is 0 Å². The van der Waals surface area contributed by atoms with Crippen LogP contribution in [-0.4, -0.2) is 35.9 Å². The molecule has 0 aromatic heterocycles. The predicted octanol–water partition coefficient (Wildman–Crippen LogP) is 0.760. The van der Waals surface area contributed by atoms with E-state index in [0.29, 0.717) is 11.4 Å². The van der Waals surface area contributed by atoms with Crippen LogP contribution in [0.25, 0.3) is 0 Å². The Morgan fingerprint density at radius 2 is 1.85 bits per heavy atom. The van der Waals surface area contributed by atoms with E-state index in [1.165, 1.54) is 4.90 Å². The van der Waals surface area contributed by atoms with E-state index in [0.717, 1.165) is 0 Å². The number of nitrogens with two attached hydrogens (primary N) is 2. The lowest BCUT2D eigenvalue weighted by molar-refractivity contribution is -0.137. The summed E-state index contributed by atoms with van der Waals surface area (Å²) < 4.78 is 5.45. The summed E-state index contributed by atoms with van der Waals surface area (Å²) in [6, 6.07) is 6.86. The van der Waals surface area contributed by atoms with Crippen LogP contribution < -0.4 is 16.2 Å². The van der Waals surface area contributed by atoms with Gasteiger partial charge in [0.1, 0.15) is 5.75 Å². The Bertz CT molecular complexity index is 457. The number of anilines is 1. The maximum atomic E-state index is 12.0. The van der Waals surface area contributed by atoms with E-state index in [1.54, 1.807) is 24.3 Å². The third-order valence-corrected chi connectivity index (χ3v) is 2.73. The molecule has 0 aliphatic heterocycles. The van der Waals surface area contributed by atoms with Gasteiger partial charge in [-0.2, -0.15) is 0 Å². The smallest absolute Gasteiger partial charge is 0.237 e. The van der Waals surface area contributed by atoms with Crippen LogP contribution in [0.2, 0.25) is 0 Å². The minimum Gasteiger partial charge on any atom is -0.493 e. The van der Waals surface area contributed by atoms with Crippen LogP contribution in [0.5, 0.6) is 5.75 Å². The molecule has 0 saturated carbocycles. The first-order valence-corrected chi connectivity index (χ1v) is 6.46. The average Bonchev–Trinajstić information content (AvgIpc) is 2.37. The molecular formula is C14H21N3O3. The third-order valence-electron chi connectivity index (χ3n) is 2.73. The zero-order valence-corrected chi connectivity index (χ0v) is 11.8. The summed E-state index contributed by atoms with van der Waals surface area (Å²) in [4.78, 5) is 24.4. The molecule has 0 saturated heterocycles. The monoisotopic (exact) mass is 279 g/mol. The molecule has 110 valence electrons. The van der Waals surface area contributed by atoms with Gasteiger partial charge in [-0.05, 0) is 38.1 Å². The minimum absolute atomic E-state index is 0.0711. The van der Waals surface area contributed by atoms with Crippen LogP contribution in [0.4, 0.5) is 5.69 Å². The van der Waals surface area contributed by atoms with E-state index >= 15 is 0 Å². The first-order chi connectivity index (χ1) is 9.40. The number of hydrogen-bond acceptors (Lipinski definition) is 4. The van der Waals surface area contributed by atoms with E-state index < -0.39 is 5.91 Å². The van der Waals surface area contributed by atoms with Crippen molar-refractivity contribution in [1.82, 2.24) is 4.90 Å². The van der Waals surface area contributed by atoms with Crippen molar-refractivity contribution in [2.24, 2.45) is 5.73 Å². The van der Waals surface area contributed by atoms with Crippen molar-refractivity contribution >= 4 is 17.5 Å². The number of ether oxygens (including phenoxy) is 1. The molecule has 0 aliphatic carbocycles. The lowest BCUT2D eigenvalue weighted by Gasteiger charge is -2.25. The van der Waals surface area contributed by atoms with Crippen molar-refractivity contribution < 1.29 is 14.3 Å². The number of carbonyl (C=O) groups is 2. The quantitative estimate of drug-likeness (QED) is 0.720. The molecule has 6 heteroatoms. The fraction of sp³-hybridized carbons (Fsp3) is 0.429. The van der Waals surface area contributed by atoms with E-state index in [1.807, 2.05) is 13.8 Å². The number of hydrogen-bond donors (Lipinski definition) is 2. The summed E-state index contributed by atoms with van der Waals surface area (Å²) in [5.41, 5.74) is 11.3. The normalized spacial score (nSPS) is 10.3. The highest BCUT2D eigenvalue weighted by molar-refractivity contribution is 5.84. The second kappa shape index (κ2) is 7.37. The molecule has 20 heavy (non-hydrogen) atoms. The molecule has 4 N–H and O–H groups in total. The van der Waals surface area contributed by atoms with Gasteiger partial charge < -0.3 is 21.1 Å². The molecule has 0 fully saturated rings. The van der Waals surface area contributed by atoms with Crippen molar-refractivity contribution in [3.8, 4) is 5.75 Å². The third kappa shape index (κ3) is 5.17. The molecule has 6 nitrogen and oxygen atoms in total. The van der Waals surface area contributed by atoms with Crippen molar-refractivity contribution in [2.45, 2.75) is 26.3 Å². The van der Waals surface area contributed by atoms with Crippen molar-refractivity contribution in [3.05, 3.63) is 24.3 Å². The van der Waals surface area contributed by atoms with Gasteiger partial charge in [-0.1, -0.05) is 0 Å². The second-order valence-electron chi connectivity index (χ2n) is 4.75. The molecule has 1 rings (SSSR count). The van der Waals surface area contributed by atoms with Crippen LogP contribution in [0, 0.1) is 0 Å². The van der Waals surface area contributed by atoms with Gasteiger partial charge in [0.15, 0.2) is 0 Å². The number of rotatable bonds is 7. The first-order valence-electron chi connectivity index (χ1n) is 6.46.